The first-order valence-corrected chi connectivity index (χ1v) is 7.41. The standard InChI is InChI=1S/C15H21ClN2O2/c1-2-18(11-12-4-3-5-13(16)8-12)15(19)9-14-10-17-6-7-20-14/h3-5,8,14,17H,2,6-7,9-11H2,1H3. The van der Waals surface area contributed by atoms with Gasteiger partial charge in [-0.25, -0.2) is 0 Å². The molecule has 1 atom stereocenters. The van der Waals surface area contributed by atoms with Gasteiger partial charge in [0.05, 0.1) is 19.1 Å². The van der Waals surface area contributed by atoms with Crippen LogP contribution in [-0.2, 0) is 16.1 Å². The molecule has 1 fully saturated rings. The van der Waals surface area contributed by atoms with Crippen LogP contribution >= 0.6 is 11.6 Å². The highest BCUT2D eigenvalue weighted by Gasteiger charge is 2.20. The van der Waals surface area contributed by atoms with E-state index in [1.165, 1.54) is 0 Å². The maximum Gasteiger partial charge on any atom is 0.225 e. The van der Waals surface area contributed by atoms with Crippen LogP contribution in [0.5, 0.6) is 0 Å². The van der Waals surface area contributed by atoms with Crippen molar-refractivity contribution in [2.45, 2.75) is 26.0 Å². The van der Waals surface area contributed by atoms with Crippen LogP contribution in [0.15, 0.2) is 24.3 Å². The van der Waals surface area contributed by atoms with Crippen molar-refractivity contribution in [2.24, 2.45) is 0 Å². The number of halogens is 1. The molecule has 1 aliphatic rings. The number of rotatable bonds is 5. The third kappa shape index (κ3) is 4.47. The zero-order valence-electron chi connectivity index (χ0n) is 11.8. The summed E-state index contributed by atoms with van der Waals surface area (Å²) in [5.41, 5.74) is 1.05. The largest absolute Gasteiger partial charge is 0.375 e. The van der Waals surface area contributed by atoms with Crippen molar-refractivity contribution in [1.82, 2.24) is 10.2 Å². The van der Waals surface area contributed by atoms with E-state index in [-0.39, 0.29) is 12.0 Å². The van der Waals surface area contributed by atoms with Gasteiger partial charge < -0.3 is 15.0 Å². The van der Waals surface area contributed by atoms with Crippen LogP contribution in [-0.4, -0.2) is 43.2 Å². The van der Waals surface area contributed by atoms with Gasteiger partial charge in [-0.3, -0.25) is 4.79 Å². The Morgan fingerprint density at radius 1 is 1.55 bits per heavy atom. The monoisotopic (exact) mass is 296 g/mol. The zero-order valence-corrected chi connectivity index (χ0v) is 12.5. The highest BCUT2D eigenvalue weighted by atomic mass is 35.5. The molecule has 0 bridgehead atoms. The Kier molecular flexibility index (Phi) is 5.83. The number of nitrogens with zero attached hydrogens (tertiary/aromatic N) is 1. The predicted octanol–water partition coefficient (Wildman–Crippen LogP) is 2.07. The average molecular weight is 297 g/mol. The maximum absolute atomic E-state index is 12.3. The van der Waals surface area contributed by atoms with Crippen molar-refractivity contribution in [2.75, 3.05) is 26.2 Å². The first-order valence-electron chi connectivity index (χ1n) is 7.03. The molecule has 1 saturated heterocycles. The lowest BCUT2D eigenvalue weighted by Crippen LogP contribution is -2.42. The van der Waals surface area contributed by atoms with E-state index in [0.717, 1.165) is 18.7 Å². The summed E-state index contributed by atoms with van der Waals surface area (Å²) >= 11 is 5.97. The van der Waals surface area contributed by atoms with E-state index >= 15 is 0 Å². The fraction of sp³-hybridized carbons (Fsp3) is 0.533. The summed E-state index contributed by atoms with van der Waals surface area (Å²) in [5.74, 6) is 0.126. The number of nitrogens with one attached hydrogen (secondary N) is 1. The Morgan fingerprint density at radius 2 is 2.40 bits per heavy atom. The number of carbonyl (C=O) groups is 1. The van der Waals surface area contributed by atoms with Gasteiger partial charge in [0, 0.05) is 31.2 Å². The second-order valence-corrected chi connectivity index (χ2v) is 5.38. The normalized spacial score (nSPS) is 18.8. The van der Waals surface area contributed by atoms with E-state index in [1.807, 2.05) is 36.1 Å². The summed E-state index contributed by atoms with van der Waals surface area (Å²) in [6.45, 7) is 5.56. The summed E-state index contributed by atoms with van der Waals surface area (Å²) in [4.78, 5) is 14.2. The van der Waals surface area contributed by atoms with Gasteiger partial charge in [-0.1, -0.05) is 23.7 Å². The lowest BCUT2D eigenvalue weighted by molar-refractivity contribution is -0.135. The fourth-order valence-electron chi connectivity index (χ4n) is 2.31. The van der Waals surface area contributed by atoms with Gasteiger partial charge in [0.1, 0.15) is 0 Å². The minimum absolute atomic E-state index is 0.00957. The quantitative estimate of drug-likeness (QED) is 0.904. The Labute approximate surface area is 125 Å². The van der Waals surface area contributed by atoms with Gasteiger partial charge in [0.25, 0.3) is 0 Å². The van der Waals surface area contributed by atoms with Crippen molar-refractivity contribution < 1.29 is 9.53 Å². The molecule has 0 spiro atoms. The zero-order chi connectivity index (χ0) is 14.4. The van der Waals surface area contributed by atoms with Crippen LogP contribution in [0.4, 0.5) is 0 Å². The molecule has 20 heavy (non-hydrogen) atoms. The van der Waals surface area contributed by atoms with Crippen LogP contribution in [0.25, 0.3) is 0 Å². The van der Waals surface area contributed by atoms with Gasteiger partial charge in [-0.2, -0.15) is 0 Å². The van der Waals surface area contributed by atoms with Crippen LogP contribution in [0.1, 0.15) is 18.9 Å². The van der Waals surface area contributed by atoms with Crippen LogP contribution in [0, 0.1) is 0 Å². The van der Waals surface area contributed by atoms with Crippen LogP contribution in [0.3, 0.4) is 0 Å². The first kappa shape index (κ1) is 15.3. The summed E-state index contributed by atoms with van der Waals surface area (Å²) in [5, 5.41) is 3.94. The number of amides is 1. The molecule has 4 nitrogen and oxygen atoms in total. The molecule has 2 rings (SSSR count). The number of ether oxygens (including phenoxy) is 1. The summed E-state index contributed by atoms with van der Waals surface area (Å²) < 4.78 is 5.58. The number of morpholine rings is 1. The van der Waals surface area contributed by atoms with Gasteiger partial charge in [0.15, 0.2) is 0 Å². The van der Waals surface area contributed by atoms with E-state index < -0.39 is 0 Å². The second-order valence-electron chi connectivity index (χ2n) is 4.94. The maximum atomic E-state index is 12.3. The molecule has 1 amide bonds. The van der Waals surface area contributed by atoms with E-state index in [4.69, 9.17) is 16.3 Å². The molecule has 1 heterocycles. The molecular weight excluding hydrogens is 276 g/mol. The summed E-state index contributed by atoms with van der Waals surface area (Å²) in [6.07, 6.45) is 0.422. The number of hydrogen-bond donors (Lipinski definition) is 1. The third-order valence-corrected chi connectivity index (χ3v) is 3.64. The highest BCUT2D eigenvalue weighted by molar-refractivity contribution is 6.30. The molecule has 1 N–H and O–H groups in total. The Morgan fingerprint density at radius 3 is 3.05 bits per heavy atom. The Hall–Kier alpha value is -1.10. The van der Waals surface area contributed by atoms with Crippen molar-refractivity contribution in [3.63, 3.8) is 0 Å². The molecule has 110 valence electrons. The molecule has 0 saturated carbocycles. The average Bonchev–Trinajstić information content (AvgIpc) is 2.46. The van der Waals surface area contributed by atoms with Gasteiger partial charge in [0.2, 0.25) is 5.91 Å². The molecule has 5 heteroatoms. The van der Waals surface area contributed by atoms with Gasteiger partial charge >= 0.3 is 0 Å². The highest BCUT2D eigenvalue weighted by Crippen LogP contribution is 2.14. The van der Waals surface area contributed by atoms with Gasteiger partial charge in [-0.15, -0.1) is 0 Å². The molecule has 0 aliphatic carbocycles. The van der Waals surface area contributed by atoms with Crippen LogP contribution < -0.4 is 5.32 Å². The molecule has 1 unspecified atom stereocenters. The summed E-state index contributed by atoms with van der Waals surface area (Å²) in [6, 6.07) is 7.63. The van der Waals surface area contributed by atoms with Gasteiger partial charge in [-0.05, 0) is 24.6 Å². The van der Waals surface area contributed by atoms with E-state index in [9.17, 15) is 4.79 Å². The van der Waals surface area contributed by atoms with Crippen LogP contribution in [0.2, 0.25) is 5.02 Å². The smallest absolute Gasteiger partial charge is 0.225 e. The van der Waals surface area contributed by atoms with E-state index in [2.05, 4.69) is 5.32 Å². The lowest BCUT2D eigenvalue weighted by Gasteiger charge is -2.27. The molecule has 1 aliphatic heterocycles. The molecule has 1 aromatic carbocycles. The SMILES string of the molecule is CCN(Cc1cccc(Cl)c1)C(=O)CC1CNCCO1. The minimum Gasteiger partial charge on any atom is -0.375 e. The molecule has 0 aromatic heterocycles. The summed E-state index contributed by atoms with van der Waals surface area (Å²) in [7, 11) is 0. The minimum atomic E-state index is -0.00957. The van der Waals surface area contributed by atoms with Crippen molar-refractivity contribution in [1.29, 1.82) is 0 Å². The number of carbonyl (C=O) groups excluding carboxylic acids is 1. The Balaban J connectivity index is 1.91. The molecule has 0 radical (unpaired) electrons. The predicted molar refractivity (Wildman–Crippen MR) is 79.8 cm³/mol. The molecule has 1 aromatic rings. The van der Waals surface area contributed by atoms with Crippen molar-refractivity contribution >= 4 is 17.5 Å². The lowest BCUT2D eigenvalue weighted by atomic mass is 10.1. The fourth-order valence-corrected chi connectivity index (χ4v) is 2.52. The third-order valence-electron chi connectivity index (χ3n) is 3.40. The Bertz CT molecular complexity index is 447. The van der Waals surface area contributed by atoms with E-state index in [0.29, 0.717) is 31.1 Å². The number of hydrogen-bond acceptors (Lipinski definition) is 3. The number of benzene rings is 1. The topological polar surface area (TPSA) is 41.6 Å². The second kappa shape index (κ2) is 7.62. The van der Waals surface area contributed by atoms with Crippen molar-refractivity contribution in [3.8, 4) is 0 Å². The molecular formula is C15H21ClN2O2. The van der Waals surface area contributed by atoms with Crippen molar-refractivity contribution in [3.05, 3.63) is 34.9 Å². The van der Waals surface area contributed by atoms with E-state index in [1.54, 1.807) is 0 Å². The first-order chi connectivity index (χ1) is 9.69.